The Morgan fingerprint density at radius 3 is 2.89 bits per heavy atom. The maximum Gasteiger partial charge on any atom is 0.227 e. The van der Waals surface area contributed by atoms with Gasteiger partial charge in [0.05, 0.1) is 11.9 Å². The van der Waals surface area contributed by atoms with E-state index in [-0.39, 0.29) is 5.91 Å². The molecule has 3 aromatic heterocycles. The predicted octanol–water partition coefficient (Wildman–Crippen LogP) is 3.58. The molecule has 28 heavy (non-hydrogen) atoms. The van der Waals surface area contributed by atoms with Gasteiger partial charge in [0.1, 0.15) is 0 Å². The zero-order valence-electron chi connectivity index (χ0n) is 15.4. The van der Waals surface area contributed by atoms with Crippen molar-refractivity contribution in [3.8, 4) is 17.1 Å². The molecule has 0 radical (unpaired) electrons. The number of aromatic nitrogens is 4. The molecule has 0 aliphatic heterocycles. The third-order valence-electron chi connectivity index (χ3n) is 4.30. The number of rotatable bonds is 7. The second-order valence-corrected chi connectivity index (χ2v) is 7.18. The lowest BCUT2D eigenvalue weighted by molar-refractivity contribution is -0.130. The summed E-state index contributed by atoms with van der Waals surface area (Å²) >= 11 is 1.58. The molecule has 0 aliphatic carbocycles. The van der Waals surface area contributed by atoms with Crippen LogP contribution in [-0.4, -0.2) is 37.8 Å². The van der Waals surface area contributed by atoms with Gasteiger partial charge in [-0.15, -0.1) is 0 Å². The Labute approximate surface area is 166 Å². The van der Waals surface area contributed by atoms with Crippen molar-refractivity contribution in [1.29, 1.82) is 0 Å². The van der Waals surface area contributed by atoms with Crippen LogP contribution >= 0.6 is 11.3 Å². The van der Waals surface area contributed by atoms with Crippen LogP contribution < -0.4 is 0 Å². The van der Waals surface area contributed by atoms with Crippen molar-refractivity contribution in [2.45, 2.75) is 19.4 Å². The SMILES string of the molecule is CN(Cc1cnn(-c2ccccc2)c1)C(=O)CCc1nc(-c2ccsc2)no1. The van der Waals surface area contributed by atoms with Crippen molar-refractivity contribution in [3.63, 3.8) is 0 Å². The highest BCUT2D eigenvalue weighted by atomic mass is 32.1. The first-order valence-electron chi connectivity index (χ1n) is 8.87. The molecule has 0 fully saturated rings. The highest BCUT2D eigenvalue weighted by Crippen LogP contribution is 2.19. The topological polar surface area (TPSA) is 77.1 Å². The fourth-order valence-electron chi connectivity index (χ4n) is 2.80. The number of nitrogens with zero attached hydrogens (tertiary/aromatic N) is 5. The van der Waals surface area contributed by atoms with Crippen LogP contribution in [0.3, 0.4) is 0 Å². The van der Waals surface area contributed by atoms with E-state index in [1.165, 1.54) is 0 Å². The predicted molar refractivity (Wildman–Crippen MR) is 106 cm³/mol. The molecule has 0 N–H and O–H groups in total. The Balaban J connectivity index is 1.31. The first-order chi connectivity index (χ1) is 13.7. The zero-order chi connectivity index (χ0) is 19.3. The molecule has 0 aliphatic rings. The maximum atomic E-state index is 12.4. The molecule has 0 saturated heterocycles. The third-order valence-corrected chi connectivity index (χ3v) is 4.99. The van der Waals surface area contributed by atoms with Gasteiger partial charge in [-0.2, -0.15) is 21.4 Å². The van der Waals surface area contributed by atoms with Crippen molar-refractivity contribution >= 4 is 17.2 Å². The molecule has 1 amide bonds. The van der Waals surface area contributed by atoms with E-state index < -0.39 is 0 Å². The molecule has 0 atom stereocenters. The van der Waals surface area contributed by atoms with Gasteiger partial charge in [0.2, 0.25) is 17.6 Å². The van der Waals surface area contributed by atoms with Crippen molar-refractivity contribution in [3.05, 3.63) is 71.0 Å². The summed E-state index contributed by atoms with van der Waals surface area (Å²) in [6, 6.07) is 11.8. The highest BCUT2D eigenvalue weighted by molar-refractivity contribution is 7.08. The van der Waals surface area contributed by atoms with Crippen molar-refractivity contribution in [2.24, 2.45) is 0 Å². The van der Waals surface area contributed by atoms with Crippen LogP contribution in [0.15, 0.2) is 64.1 Å². The van der Waals surface area contributed by atoms with Gasteiger partial charge in [0.15, 0.2) is 0 Å². The van der Waals surface area contributed by atoms with Crippen LogP contribution in [0.1, 0.15) is 17.9 Å². The van der Waals surface area contributed by atoms with E-state index in [1.807, 2.05) is 53.4 Å². The summed E-state index contributed by atoms with van der Waals surface area (Å²) in [5, 5.41) is 12.3. The van der Waals surface area contributed by atoms with E-state index >= 15 is 0 Å². The molecule has 142 valence electrons. The molecule has 0 bridgehead atoms. The van der Waals surface area contributed by atoms with Crippen molar-refractivity contribution < 1.29 is 9.32 Å². The van der Waals surface area contributed by atoms with Crippen molar-refractivity contribution in [1.82, 2.24) is 24.8 Å². The molecule has 0 unspecified atom stereocenters. The van der Waals surface area contributed by atoms with Crippen molar-refractivity contribution in [2.75, 3.05) is 7.05 Å². The van der Waals surface area contributed by atoms with E-state index in [4.69, 9.17) is 4.52 Å². The lowest BCUT2D eigenvalue weighted by atomic mass is 10.2. The second-order valence-electron chi connectivity index (χ2n) is 6.40. The maximum absolute atomic E-state index is 12.4. The normalized spacial score (nSPS) is 10.9. The number of benzene rings is 1. The molecule has 1 aromatic carbocycles. The van der Waals surface area contributed by atoms with Gasteiger partial charge in [-0.25, -0.2) is 4.68 Å². The van der Waals surface area contributed by atoms with E-state index in [1.54, 1.807) is 34.2 Å². The number of hydrogen-bond acceptors (Lipinski definition) is 6. The molecular weight excluding hydrogens is 374 g/mol. The Morgan fingerprint density at radius 2 is 2.11 bits per heavy atom. The molecule has 0 saturated carbocycles. The number of carbonyl (C=O) groups is 1. The van der Waals surface area contributed by atoms with Crippen LogP contribution in [-0.2, 0) is 17.8 Å². The first-order valence-corrected chi connectivity index (χ1v) is 9.81. The standard InChI is InChI=1S/C20H19N5O2S/c1-24(12-15-11-21-25(13-15)17-5-3-2-4-6-17)19(26)8-7-18-22-20(23-27-18)16-9-10-28-14-16/h2-6,9-11,13-14H,7-8,12H2,1H3. The Kier molecular flexibility index (Phi) is 5.29. The van der Waals surface area contributed by atoms with Gasteiger partial charge in [0.25, 0.3) is 0 Å². The van der Waals surface area contributed by atoms with E-state index in [2.05, 4.69) is 15.2 Å². The molecule has 7 nitrogen and oxygen atoms in total. The minimum absolute atomic E-state index is 0.0164. The van der Waals surface area contributed by atoms with E-state index in [9.17, 15) is 4.79 Å². The molecule has 4 aromatic rings. The van der Waals surface area contributed by atoms with E-state index in [0.717, 1.165) is 16.8 Å². The number of hydrogen-bond donors (Lipinski definition) is 0. The number of amides is 1. The summed E-state index contributed by atoms with van der Waals surface area (Å²) in [5.41, 5.74) is 2.89. The van der Waals surface area contributed by atoms with Gasteiger partial charge in [-0.05, 0) is 23.6 Å². The van der Waals surface area contributed by atoms with Crippen LogP contribution in [0.2, 0.25) is 0 Å². The number of para-hydroxylation sites is 1. The minimum atomic E-state index is 0.0164. The number of carbonyl (C=O) groups excluding carboxylic acids is 1. The largest absolute Gasteiger partial charge is 0.341 e. The minimum Gasteiger partial charge on any atom is -0.341 e. The van der Waals surface area contributed by atoms with Gasteiger partial charge < -0.3 is 9.42 Å². The lowest BCUT2D eigenvalue weighted by Crippen LogP contribution is -2.26. The molecule has 4 rings (SSSR count). The lowest BCUT2D eigenvalue weighted by Gasteiger charge is -2.15. The quantitative estimate of drug-likeness (QED) is 0.480. The van der Waals surface area contributed by atoms with Gasteiger partial charge in [-0.3, -0.25) is 4.79 Å². The number of thiophene rings is 1. The van der Waals surface area contributed by atoms with E-state index in [0.29, 0.717) is 31.1 Å². The van der Waals surface area contributed by atoms with Crippen LogP contribution in [0.4, 0.5) is 0 Å². The van der Waals surface area contributed by atoms with Crippen LogP contribution in [0.25, 0.3) is 17.1 Å². The average Bonchev–Trinajstić information content (AvgIpc) is 3.47. The third kappa shape index (κ3) is 4.17. The molecule has 3 heterocycles. The number of aryl methyl sites for hydroxylation is 1. The average molecular weight is 393 g/mol. The first kappa shape index (κ1) is 18.1. The van der Waals surface area contributed by atoms with Crippen LogP contribution in [0, 0.1) is 0 Å². The fourth-order valence-corrected chi connectivity index (χ4v) is 3.43. The summed E-state index contributed by atoms with van der Waals surface area (Å²) in [6.07, 6.45) is 4.45. The fraction of sp³-hybridized carbons (Fsp3) is 0.200. The zero-order valence-corrected chi connectivity index (χ0v) is 16.2. The van der Waals surface area contributed by atoms with Gasteiger partial charge in [-0.1, -0.05) is 23.4 Å². The summed E-state index contributed by atoms with van der Waals surface area (Å²) in [6.45, 7) is 0.496. The second kappa shape index (κ2) is 8.18. The van der Waals surface area contributed by atoms with Gasteiger partial charge >= 0.3 is 0 Å². The molecular formula is C20H19N5O2S. The molecule has 8 heteroatoms. The molecule has 0 spiro atoms. The summed E-state index contributed by atoms with van der Waals surface area (Å²) < 4.78 is 7.05. The van der Waals surface area contributed by atoms with Crippen LogP contribution in [0.5, 0.6) is 0 Å². The Bertz CT molecular complexity index is 1040. The van der Waals surface area contributed by atoms with Gasteiger partial charge in [0, 0.05) is 49.1 Å². The monoisotopic (exact) mass is 393 g/mol. The summed E-state index contributed by atoms with van der Waals surface area (Å²) in [4.78, 5) is 18.5. The smallest absolute Gasteiger partial charge is 0.227 e. The summed E-state index contributed by atoms with van der Waals surface area (Å²) in [7, 11) is 1.78. The Hall–Kier alpha value is -3.26. The Morgan fingerprint density at radius 1 is 1.25 bits per heavy atom. The highest BCUT2D eigenvalue weighted by Gasteiger charge is 2.14. The summed E-state index contributed by atoms with van der Waals surface area (Å²) in [5.74, 6) is 1.05.